The zero-order chi connectivity index (χ0) is 14.5. The van der Waals surface area contributed by atoms with Crippen molar-refractivity contribution in [2.24, 2.45) is 11.7 Å². The summed E-state index contributed by atoms with van der Waals surface area (Å²) >= 11 is 0. The molecule has 0 radical (unpaired) electrons. The van der Waals surface area contributed by atoms with Crippen LogP contribution in [0.4, 0.5) is 8.78 Å². The first-order valence-corrected chi connectivity index (χ1v) is 7.97. The Labute approximate surface area is 116 Å². The van der Waals surface area contributed by atoms with Crippen LogP contribution in [0.25, 0.3) is 0 Å². The van der Waals surface area contributed by atoms with Gasteiger partial charge in [0, 0.05) is 31.5 Å². The molecule has 1 heterocycles. The van der Waals surface area contributed by atoms with Gasteiger partial charge in [-0.3, -0.25) is 0 Å². The summed E-state index contributed by atoms with van der Waals surface area (Å²) in [5.74, 6) is -3.56. The number of hydrogen-bond acceptors (Lipinski definition) is 3. The topological polar surface area (TPSA) is 63.4 Å². The molecular weight excluding hydrogens is 286 g/mol. The van der Waals surface area contributed by atoms with Gasteiger partial charge in [-0.1, -0.05) is 12.1 Å². The summed E-state index contributed by atoms with van der Waals surface area (Å²) < 4.78 is 53.1. The van der Waals surface area contributed by atoms with E-state index in [4.69, 9.17) is 5.73 Å². The Morgan fingerprint density at radius 1 is 1.30 bits per heavy atom. The number of nitrogens with two attached hydrogens (primary N) is 1. The maximum Gasteiger partial charge on any atom is 0.253 e. The molecule has 4 nitrogen and oxygen atoms in total. The summed E-state index contributed by atoms with van der Waals surface area (Å²) in [6.07, 6.45) is -0.106. The normalized spacial score (nSPS) is 28.9. The molecule has 1 aromatic carbocycles. The van der Waals surface area contributed by atoms with Crippen molar-refractivity contribution >= 4 is 10.0 Å². The zero-order valence-electron chi connectivity index (χ0n) is 10.8. The van der Waals surface area contributed by atoms with Crippen molar-refractivity contribution < 1.29 is 17.2 Å². The lowest BCUT2D eigenvalue weighted by Gasteiger charge is -2.30. The van der Waals surface area contributed by atoms with Crippen molar-refractivity contribution in [2.75, 3.05) is 6.54 Å². The van der Waals surface area contributed by atoms with E-state index in [0.29, 0.717) is 6.54 Å². The van der Waals surface area contributed by atoms with Gasteiger partial charge in [-0.05, 0) is 24.1 Å². The molecule has 2 N–H and O–H groups in total. The highest BCUT2D eigenvalue weighted by molar-refractivity contribution is 7.89. The molecule has 3 rings (SSSR count). The third kappa shape index (κ3) is 2.04. The van der Waals surface area contributed by atoms with E-state index in [-0.39, 0.29) is 24.3 Å². The van der Waals surface area contributed by atoms with E-state index < -0.39 is 27.9 Å². The first kappa shape index (κ1) is 13.9. The maximum atomic E-state index is 13.5. The molecule has 7 heteroatoms. The van der Waals surface area contributed by atoms with Gasteiger partial charge in [0.05, 0.1) is 4.90 Å². The number of rotatable bonds is 3. The fraction of sp³-hybridized carbons (Fsp3) is 0.538. The standard InChI is InChI=1S/C13H16F2N2O2S/c14-13(15)6-11-5-10(13)8-17(11)20(18,19)12-3-1-9(7-16)2-4-12/h1-4,10-11H,5-8,16H2. The highest BCUT2D eigenvalue weighted by Crippen LogP contribution is 2.49. The van der Waals surface area contributed by atoms with Crippen LogP contribution in [0.1, 0.15) is 18.4 Å². The second-order valence-corrected chi connectivity index (χ2v) is 7.36. The van der Waals surface area contributed by atoms with Crippen LogP contribution in [0, 0.1) is 5.92 Å². The van der Waals surface area contributed by atoms with E-state index in [1.807, 2.05) is 0 Å². The van der Waals surface area contributed by atoms with Crippen LogP contribution in [-0.2, 0) is 16.6 Å². The molecule has 1 aliphatic carbocycles. The molecule has 2 aliphatic rings. The van der Waals surface area contributed by atoms with Crippen LogP contribution >= 0.6 is 0 Å². The van der Waals surface area contributed by atoms with Gasteiger partial charge < -0.3 is 5.73 Å². The average Bonchev–Trinajstić information content (AvgIpc) is 2.94. The Kier molecular flexibility index (Phi) is 3.11. The van der Waals surface area contributed by atoms with Crippen LogP contribution in [0.5, 0.6) is 0 Å². The summed E-state index contributed by atoms with van der Waals surface area (Å²) in [5, 5.41) is 0. The van der Waals surface area contributed by atoms with E-state index in [9.17, 15) is 17.2 Å². The molecule has 2 unspecified atom stereocenters. The molecule has 1 saturated carbocycles. The summed E-state index contributed by atoms with van der Waals surface area (Å²) in [4.78, 5) is 0.144. The van der Waals surface area contributed by atoms with E-state index >= 15 is 0 Å². The van der Waals surface area contributed by atoms with E-state index in [0.717, 1.165) is 5.56 Å². The molecule has 0 spiro atoms. The molecule has 20 heavy (non-hydrogen) atoms. The molecule has 2 atom stereocenters. The Hall–Kier alpha value is -1.05. The van der Waals surface area contributed by atoms with Gasteiger partial charge in [-0.15, -0.1) is 0 Å². The summed E-state index contributed by atoms with van der Waals surface area (Å²) in [7, 11) is -3.69. The third-order valence-electron chi connectivity index (χ3n) is 4.23. The molecule has 2 fully saturated rings. The molecule has 0 amide bonds. The Morgan fingerprint density at radius 2 is 1.95 bits per heavy atom. The fourth-order valence-electron chi connectivity index (χ4n) is 3.09. The van der Waals surface area contributed by atoms with Crippen LogP contribution in [0.15, 0.2) is 29.2 Å². The molecular formula is C13H16F2N2O2S. The second kappa shape index (κ2) is 4.47. The van der Waals surface area contributed by atoms with Crippen molar-refractivity contribution in [3.05, 3.63) is 29.8 Å². The lowest BCUT2D eigenvalue weighted by Crippen LogP contribution is -2.43. The number of nitrogens with zero attached hydrogens (tertiary/aromatic N) is 1. The quantitative estimate of drug-likeness (QED) is 0.921. The minimum Gasteiger partial charge on any atom is -0.326 e. The summed E-state index contributed by atoms with van der Waals surface area (Å²) in [6.45, 7) is 0.250. The number of hydrogen-bond donors (Lipinski definition) is 1. The van der Waals surface area contributed by atoms with Crippen LogP contribution in [-0.4, -0.2) is 31.2 Å². The third-order valence-corrected chi connectivity index (χ3v) is 6.17. The number of piperidine rings is 1. The Bertz CT molecular complexity index is 616. The monoisotopic (exact) mass is 302 g/mol. The van der Waals surface area contributed by atoms with Crippen molar-refractivity contribution in [1.82, 2.24) is 4.31 Å². The fourth-order valence-corrected chi connectivity index (χ4v) is 4.77. The maximum absolute atomic E-state index is 13.5. The van der Waals surface area contributed by atoms with Crippen molar-refractivity contribution in [2.45, 2.75) is 36.2 Å². The second-order valence-electron chi connectivity index (χ2n) is 5.47. The molecule has 1 saturated heterocycles. The number of benzene rings is 1. The SMILES string of the molecule is NCc1ccc(S(=O)(=O)N2CC3CC2CC3(F)F)cc1. The van der Waals surface area contributed by atoms with Crippen molar-refractivity contribution in [3.63, 3.8) is 0 Å². The van der Waals surface area contributed by atoms with Crippen LogP contribution < -0.4 is 5.73 Å². The van der Waals surface area contributed by atoms with Gasteiger partial charge in [0.1, 0.15) is 0 Å². The van der Waals surface area contributed by atoms with E-state index in [1.165, 1.54) is 16.4 Å². The minimum absolute atomic E-state index is 0.0847. The Morgan fingerprint density at radius 3 is 2.40 bits per heavy atom. The molecule has 1 aromatic rings. The average molecular weight is 302 g/mol. The summed E-state index contributed by atoms with van der Waals surface area (Å²) in [5.41, 5.74) is 6.30. The van der Waals surface area contributed by atoms with Gasteiger partial charge in [0.25, 0.3) is 5.92 Å². The van der Waals surface area contributed by atoms with E-state index in [1.54, 1.807) is 12.1 Å². The van der Waals surface area contributed by atoms with Gasteiger partial charge in [-0.25, -0.2) is 17.2 Å². The van der Waals surface area contributed by atoms with Crippen molar-refractivity contribution in [3.8, 4) is 0 Å². The highest BCUT2D eigenvalue weighted by Gasteiger charge is 2.58. The molecule has 1 aliphatic heterocycles. The Balaban J connectivity index is 1.87. The number of halogens is 2. The van der Waals surface area contributed by atoms with Gasteiger partial charge in [-0.2, -0.15) is 4.31 Å². The van der Waals surface area contributed by atoms with Crippen LogP contribution in [0.2, 0.25) is 0 Å². The van der Waals surface area contributed by atoms with E-state index in [2.05, 4.69) is 0 Å². The number of fused-ring (bicyclic) bond motifs is 2. The molecule has 0 aromatic heterocycles. The van der Waals surface area contributed by atoms with Gasteiger partial charge in [0.2, 0.25) is 10.0 Å². The lowest BCUT2D eigenvalue weighted by molar-refractivity contribution is -0.0559. The molecule has 2 bridgehead atoms. The first-order chi connectivity index (χ1) is 9.34. The zero-order valence-corrected chi connectivity index (χ0v) is 11.6. The highest BCUT2D eigenvalue weighted by atomic mass is 32.2. The minimum atomic E-state index is -3.69. The lowest BCUT2D eigenvalue weighted by atomic mass is 10.1. The van der Waals surface area contributed by atoms with Gasteiger partial charge in [0.15, 0.2) is 0 Å². The predicted octanol–water partition coefficient (Wildman–Crippen LogP) is 1.56. The first-order valence-electron chi connectivity index (χ1n) is 6.53. The summed E-state index contributed by atoms with van der Waals surface area (Å²) in [6, 6.07) is 5.70. The number of alkyl halides is 2. The van der Waals surface area contributed by atoms with Crippen LogP contribution in [0.3, 0.4) is 0 Å². The largest absolute Gasteiger partial charge is 0.326 e. The predicted molar refractivity (Wildman–Crippen MR) is 69.7 cm³/mol. The molecule has 110 valence electrons. The van der Waals surface area contributed by atoms with Gasteiger partial charge >= 0.3 is 0 Å². The van der Waals surface area contributed by atoms with Crippen molar-refractivity contribution in [1.29, 1.82) is 0 Å². The number of sulfonamides is 1. The smallest absolute Gasteiger partial charge is 0.253 e.